The van der Waals surface area contributed by atoms with Crippen LogP contribution < -0.4 is 4.72 Å². The van der Waals surface area contributed by atoms with Crippen molar-refractivity contribution in [3.63, 3.8) is 0 Å². The van der Waals surface area contributed by atoms with Crippen LogP contribution >= 0.6 is 0 Å². The molecule has 2 N–H and O–H groups in total. The van der Waals surface area contributed by atoms with Gasteiger partial charge in [0.2, 0.25) is 15.9 Å². The van der Waals surface area contributed by atoms with Crippen LogP contribution in [0.5, 0.6) is 0 Å². The van der Waals surface area contributed by atoms with E-state index in [1.54, 1.807) is 6.92 Å². The fourth-order valence-electron chi connectivity index (χ4n) is 1.96. The second-order valence-electron chi connectivity index (χ2n) is 4.93. The van der Waals surface area contributed by atoms with Crippen molar-refractivity contribution in [1.82, 2.24) is 9.62 Å². The Hall–Kier alpha value is -0.660. The number of carbonyl (C=O) groups excluding carboxylic acids is 1. The molecule has 1 aliphatic heterocycles. The van der Waals surface area contributed by atoms with E-state index in [1.807, 2.05) is 6.92 Å². The average molecular weight is 278 g/mol. The summed E-state index contributed by atoms with van der Waals surface area (Å²) in [4.78, 5) is 13.4. The zero-order valence-electron chi connectivity index (χ0n) is 11.1. The summed E-state index contributed by atoms with van der Waals surface area (Å²) in [6, 6.07) is -0.775. The minimum Gasteiger partial charge on any atom is -0.386 e. The van der Waals surface area contributed by atoms with Gasteiger partial charge in [-0.25, -0.2) is 13.1 Å². The molecular weight excluding hydrogens is 256 g/mol. The quantitative estimate of drug-likeness (QED) is 0.697. The second-order valence-corrected chi connectivity index (χ2v) is 6.80. The lowest BCUT2D eigenvalue weighted by atomic mass is 9.91. The molecule has 0 aromatic rings. The molecule has 1 unspecified atom stereocenters. The minimum atomic E-state index is -3.39. The molecule has 106 valence electrons. The van der Waals surface area contributed by atoms with Crippen LogP contribution in [0, 0.1) is 0 Å². The van der Waals surface area contributed by atoms with Crippen molar-refractivity contribution >= 4 is 15.9 Å². The maximum atomic E-state index is 11.9. The first-order valence-corrected chi connectivity index (χ1v) is 7.89. The van der Waals surface area contributed by atoms with Crippen LogP contribution in [0.2, 0.25) is 0 Å². The van der Waals surface area contributed by atoms with Crippen LogP contribution in [0.1, 0.15) is 33.6 Å². The molecule has 0 aromatic heterocycles. The Morgan fingerprint density at radius 2 is 2.00 bits per heavy atom. The number of rotatable bonds is 6. The van der Waals surface area contributed by atoms with Crippen LogP contribution in [-0.4, -0.2) is 54.8 Å². The van der Waals surface area contributed by atoms with Crippen molar-refractivity contribution in [2.75, 3.05) is 18.8 Å². The van der Waals surface area contributed by atoms with Gasteiger partial charge in [0.15, 0.2) is 0 Å². The first-order valence-electron chi connectivity index (χ1n) is 6.24. The van der Waals surface area contributed by atoms with Gasteiger partial charge in [-0.2, -0.15) is 0 Å². The summed E-state index contributed by atoms with van der Waals surface area (Å²) >= 11 is 0. The predicted octanol–water partition coefficient (Wildman–Crippen LogP) is -0.312. The maximum Gasteiger partial charge on any atom is 0.240 e. The lowest BCUT2D eigenvalue weighted by molar-refractivity contribution is -0.157. The second kappa shape index (κ2) is 5.54. The number of likely N-dealkylation sites (tertiary alicyclic amines) is 1. The lowest BCUT2D eigenvalue weighted by Crippen LogP contribution is -2.65. The monoisotopic (exact) mass is 278 g/mol. The zero-order chi connectivity index (χ0) is 14.0. The maximum absolute atomic E-state index is 11.9. The first-order chi connectivity index (χ1) is 8.23. The number of hydrogen-bond acceptors (Lipinski definition) is 4. The zero-order valence-corrected chi connectivity index (χ0v) is 12.0. The Morgan fingerprint density at radius 1 is 1.44 bits per heavy atom. The van der Waals surface area contributed by atoms with Gasteiger partial charge in [-0.05, 0) is 19.8 Å². The Bertz CT molecular complexity index is 401. The summed E-state index contributed by atoms with van der Waals surface area (Å²) in [5, 5.41) is 9.80. The van der Waals surface area contributed by atoms with E-state index in [0.29, 0.717) is 12.8 Å². The largest absolute Gasteiger partial charge is 0.386 e. The summed E-state index contributed by atoms with van der Waals surface area (Å²) < 4.78 is 25.4. The normalized spacial score (nSPS) is 20.3. The summed E-state index contributed by atoms with van der Waals surface area (Å²) in [5.41, 5.74) is -0.794. The molecule has 6 nitrogen and oxygen atoms in total. The van der Waals surface area contributed by atoms with Crippen LogP contribution in [-0.2, 0) is 14.8 Å². The first kappa shape index (κ1) is 15.4. The highest BCUT2D eigenvalue weighted by Crippen LogP contribution is 2.24. The number of amides is 1. The summed E-state index contributed by atoms with van der Waals surface area (Å²) in [5.74, 6) is -0.267. The van der Waals surface area contributed by atoms with Crippen molar-refractivity contribution in [1.29, 1.82) is 0 Å². The van der Waals surface area contributed by atoms with Gasteiger partial charge in [0, 0.05) is 0 Å². The van der Waals surface area contributed by atoms with Gasteiger partial charge in [0.25, 0.3) is 0 Å². The average Bonchev–Trinajstić information content (AvgIpc) is 2.22. The highest BCUT2D eigenvalue weighted by molar-refractivity contribution is 7.89. The molecule has 1 saturated heterocycles. The highest BCUT2D eigenvalue weighted by atomic mass is 32.2. The molecule has 0 bridgehead atoms. The van der Waals surface area contributed by atoms with E-state index in [1.165, 1.54) is 11.8 Å². The van der Waals surface area contributed by atoms with Gasteiger partial charge in [0.1, 0.15) is 0 Å². The van der Waals surface area contributed by atoms with E-state index < -0.39 is 21.7 Å². The van der Waals surface area contributed by atoms with Gasteiger partial charge < -0.3 is 10.0 Å². The van der Waals surface area contributed by atoms with Crippen LogP contribution in [0.15, 0.2) is 0 Å². The standard InChI is InChI=1S/C11H22N2O4S/c1-4-6-18(16,17)12-9(3)10(14)13-7-11(15,5-2)8-13/h9,12,15H,4-8H2,1-3H3. The van der Waals surface area contributed by atoms with Crippen LogP contribution in [0.4, 0.5) is 0 Å². The number of β-amino-alcohol motifs (C(OH)–C–C–N with tert-alkyl or cyclic N) is 1. The Morgan fingerprint density at radius 3 is 2.44 bits per heavy atom. The van der Waals surface area contributed by atoms with Crippen LogP contribution in [0.25, 0.3) is 0 Å². The fourth-order valence-corrected chi connectivity index (χ4v) is 3.26. The molecule has 18 heavy (non-hydrogen) atoms. The number of sulfonamides is 1. The summed E-state index contributed by atoms with van der Waals surface area (Å²) in [6.07, 6.45) is 1.10. The Labute approximate surface area is 108 Å². The SMILES string of the molecule is CCCS(=O)(=O)NC(C)C(=O)N1CC(O)(CC)C1. The summed E-state index contributed by atoms with van der Waals surface area (Å²) in [6.45, 7) is 5.71. The number of aliphatic hydroxyl groups is 1. The molecule has 7 heteroatoms. The van der Waals surface area contributed by atoms with E-state index in [2.05, 4.69) is 4.72 Å². The molecule has 0 spiro atoms. The van der Waals surface area contributed by atoms with Crippen molar-refractivity contribution in [2.24, 2.45) is 0 Å². The summed E-state index contributed by atoms with van der Waals surface area (Å²) in [7, 11) is -3.39. The molecule has 1 aliphatic rings. The highest BCUT2D eigenvalue weighted by Gasteiger charge is 2.43. The minimum absolute atomic E-state index is 0.0174. The van der Waals surface area contributed by atoms with Gasteiger partial charge in [0.05, 0.1) is 30.5 Å². The third-order valence-corrected chi connectivity index (χ3v) is 4.80. The van der Waals surface area contributed by atoms with Gasteiger partial charge >= 0.3 is 0 Å². The Balaban J connectivity index is 2.49. The van der Waals surface area contributed by atoms with Crippen molar-refractivity contribution in [3.05, 3.63) is 0 Å². The molecule has 1 atom stereocenters. The number of hydrogen-bond donors (Lipinski definition) is 2. The Kier molecular flexibility index (Phi) is 4.74. The van der Waals surface area contributed by atoms with E-state index in [-0.39, 0.29) is 24.7 Å². The smallest absolute Gasteiger partial charge is 0.240 e. The van der Waals surface area contributed by atoms with Gasteiger partial charge in [-0.1, -0.05) is 13.8 Å². The van der Waals surface area contributed by atoms with Crippen LogP contribution in [0.3, 0.4) is 0 Å². The van der Waals surface area contributed by atoms with Crippen molar-refractivity contribution < 1.29 is 18.3 Å². The molecule has 1 fully saturated rings. The van der Waals surface area contributed by atoms with E-state index in [0.717, 1.165) is 0 Å². The van der Waals surface area contributed by atoms with Gasteiger partial charge in [-0.3, -0.25) is 4.79 Å². The van der Waals surface area contributed by atoms with E-state index in [4.69, 9.17) is 0 Å². The van der Waals surface area contributed by atoms with E-state index in [9.17, 15) is 18.3 Å². The number of nitrogens with one attached hydrogen (secondary N) is 1. The van der Waals surface area contributed by atoms with Crippen molar-refractivity contribution in [3.8, 4) is 0 Å². The lowest BCUT2D eigenvalue weighted by Gasteiger charge is -2.46. The molecule has 0 radical (unpaired) electrons. The molecule has 0 aliphatic carbocycles. The molecule has 1 amide bonds. The van der Waals surface area contributed by atoms with E-state index >= 15 is 0 Å². The number of nitrogens with zero attached hydrogens (tertiary/aromatic N) is 1. The molecular formula is C11H22N2O4S. The van der Waals surface area contributed by atoms with Crippen molar-refractivity contribution in [2.45, 2.75) is 45.3 Å². The molecule has 0 saturated carbocycles. The number of carbonyl (C=O) groups is 1. The predicted molar refractivity (Wildman–Crippen MR) is 68.5 cm³/mol. The third kappa shape index (κ3) is 3.66. The fraction of sp³-hybridized carbons (Fsp3) is 0.909. The molecule has 1 rings (SSSR count). The third-order valence-electron chi connectivity index (χ3n) is 3.14. The topological polar surface area (TPSA) is 86.7 Å². The molecule has 1 heterocycles. The molecule has 0 aromatic carbocycles. The van der Waals surface area contributed by atoms with Gasteiger partial charge in [-0.15, -0.1) is 0 Å².